The van der Waals surface area contributed by atoms with Gasteiger partial charge in [0, 0.05) is 33.0 Å². The lowest BCUT2D eigenvalue weighted by molar-refractivity contribution is -0.185. The van der Waals surface area contributed by atoms with Crippen LogP contribution in [0, 0.1) is 0 Å². The van der Waals surface area contributed by atoms with E-state index < -0.39 is 0 Å². The Morgan fingerprint density at radius 3 is 2.77 bits per heavy atom. The smallest absolute Gasteiger partial charge is 0.262 e. The minimum Gasteiger partial charge on any atom is -0.347 e. The molecule has 1 N–H and O–H groups in total. The summed E-state index contributed by atoms with van der Waals surface area (Å²) in [6, 6.07) is 0. The SMILES string of the molecule is Cn1ncc2c(=O)[nH]c(CN3CCC4(CC3)OCCO4)nc21. The topological polar surface area (TPSA) is 85.3 Å². The molecule has 118 valence electrons. The summed E-state index contributed by atoms with van der Waals surface area (Å²) in [6.07, 6.45) is 3.25. The second-order valence-electron chi connectivity index (χ2n) is 5.90. The summed E-state index contributed by atoms with van der Waals surface area (Å²) >= 11 is 0. The van der Waals surface area contributed by atoms with Gasteiger partial charge in [0.1, 0.15) is 11.2 Å². The zero-order valence-electron chi connectivity index (χ0n) is 12.5. The standard InChI is InChI=1S/C14H19N5O3/c1-18-12-10(8-15-18)13(20)17-11(16-12)9-19-4-2-14(3-5-19)21-6-7-22-14/h8H,2-7,9H2,1H3,(H,16,17,20). The number of hydrogen-bond acceptors (Lipinski definition) is 6. The zero-order chi connectivity index (χ0) is 15.2. The lowest BCUT2D eigenvalue weighted by Crippen LogP contribution is -2.45. The van der Waals surface area contributed by atoms with Crippen molar-refractivity contribution in [2.24, 2.45) is 7.05 Å². The molecule has 0 amide bonds. The molecule has 2 fully saturated rings. The number of aromatic nitrogens is 4. The van der Waals surface area contributed by atoms with E-state index in [1.54, 1.807) is 17.9 Å². The Morgan fingerprint density at radius 1 is 1.32 bits per heavy atom. The summed E-state index contributed by atoms with van der Waals surface area (Å²) in [5, 5.41) is 4.60. The number of hydrogen-bond donors (Lipinski definition) is 1. The normalized spacial score (nSPS) is 21.9. The van der Waals surface area contributed by atoms with Gasteiger partial charge >= 0.3 is 0 Å². The Hall–Kier alpha value is -1.77. The molecule has 0 aliphatic carbocycles. The third-order valence-corrected chi connectivity index (χ3v) is 4.46. The van der Waals surface area contributed by atoms with Gasteiger partial charge < -0.3 is 14.5 Å². The van der Waals surface area contributed by atoms with Crippen LogP contribution >= 0.6 is 0 Å². The van der Waals surface area contributed by atoms with Crippen LogP contribution < -0.4 is 5.56 Å². The van der Waals surface area contributed by atoms with Crippen molar-refractivity contribution >= 4 is 11.0 Å². The number of nitrogens with zero attached hydrogens (tertiary/aromatic N) is 4. The number of aromatic amines is 1. The fourth-order valence-electron chi connectivity index (χ4n) is 3.20. The number of likely N-dealkylation sites (tertiary alicyclic amines) is 1. The summed E-state index contributed by atoms with van der Waals surface area (Å²) in [6.45, 7) is 3.73. The lowest BCUT2D eigenvalue weighted by Gasteiger charge is -2.37. The first kappa shape index (κ1) is 13.9. The van der Waals surface area contributed by atoms with E-state index >= 15 is 0 Å². The molecule has 0 aromatic carbocycles. The minimum absolute atomic E-state index is 0.135. The van der Waals surface area contributed by atoms with Gasteiger partial charge in [0.15, 0.2) is 11.4 Å². The molecule has 2 saturated heterocycles. The Morgan fingerprint density at radius 2 is 2.05 bits per heavy atom. The fourth-order valence-corrected chi connectivity index (χ4v) is 3.20. The van der Waals surface area contributed by atoms with Crippen LogP contribution in [-0.4, -0.2) is 56.7 Å². The van der Waals surface area contributed by atoms with Crippen molar-refractivity contribution in [2.75, 3.05) is 26.3 Å². The minimum atomic E-state index is -0.372. The molecule has 1 spiro atoms. The van der Waals surface area contributed by atoms with Crippen LogP contribution in [-0.2, 0) is 23.1 Å². The maximum Gasteiger partial charge on any atom is 0.262 e. The Kier molecular flexibility index (Phi) is 3.24. The Balaban J connectivity index is 1.50. The fraction of sp³-hybridized carbons (Fsp3) is 0.643. The third kappa shape index (κ3) is 2.33. The molecule has 8 nitrogen and oxygen atoms in total. The molecule has 0 unspecified atom stereocenters. The highest BCUT2D eigenvalue weighted by molar-refractivity contribution is 5.72. The second kappa shape index (κ2) is 5.15. The van der Waals surface area contributed by atoms with Crippen LogP contribution in [0.5, 0.6) is 0 Å². The van der Waals surface area contributed by atoms with Crippen LogP contribution in [0.25, 0.3) is 11.0 Å². The third-order valence-electron chi connectivity index (χ3n) is 4.46. The molecule has 4 rings (SSSR count). The summed E-state index contributed by atoms with van der Waals surface area (Å²) in [5.41, 5.74) is 0.485. The van der Waals surface area contributed by atoms with E-state index in [1.807, 2.05) is 0 Å². The van der Waals surface area contributed by atoms with E-state index in [1.165, 1.54) is 0 Å². The van der Waals surface area contributed by atoms with Gasteiger partial charge in [-0.2, -0.15) is 5.10 Å². The van der Waals surface area contributed by atoms with Gasteiger partial charge in [-0.3, -0.25) is 14.4 Å². The number of fused-ring (bicyclic) bond motifs is 1. The van der Waals surface area contributed by atoms with Crippen LogP contribution in [0.3, 0.4) is 0 Å². The zero-order valence-corrected chi connectivity index (χ0v) is 12.5. The highest BCUT2D eigenvalue weighted by atomic mass is 16.7. The molecule has 2 aromatic rings. The number of piperidine rings is 1. The van der Waals surface area contributed by atoms with Crippen LogP contribution in [0.1, 0.15) is 18.7 Å². The summed E-state index contributed by atoms with van der Waals surface area (Å²) in [7, 11) is 1.79. The van der Waals surface area contributed by atoms with E-state index in [-0.39, 0.29) is 11.3 Å². The number of rotatable bonds is 2. The van der Waals surface area contributed by atoms with Crippen LogP contribution in [0.2, 0.25) is 0 Å². The summed E-state index contributed by atoms with van der Waals surface area (Å²) < 4.78 is 13.1. The first-order valence-corrected chi connectivity index (χ1v) is 7.56. The molecule has 4 heterocycles. The van der Waals surface area contributed by atoms with Crippen molar-refractivity contribution < 1.29 is 9.47 Å². The van der Waals surface area contributed by atoms with E-state index in [2.05, 4.69) is 20.0 Å². The van der Waals surface area contributed by atoms with Crippen LogP contribution in [0.15, 0.2) is 11.0 Å². The van der Waals surface area contributed by atoms with E-state index in [9.17, 15) is 4.79 Å². The number of ether oxygens (including phenoxy) is 2. The van der Waals surface area contributed by atoms with Crippen molar-refractivity contribution in [3.63, 3.8) is 0 Å². The molecule has 0 atom stereocenters. The molecule has 0 saturated carbocycles. The predicted octanol–water partition coefficient (Wildman–Crippen LogP) is -0.00450. The van der Waals surface area contributed by atoms with Crippen LogP contribution in [0.4, 0.5) is 0 Å². The van der Waals surface area contributed by atoms with Gasteiger partial charge in [-0.05, 0) is 0 Å². The highest BCUT2D eigenvalue weighted by Crippen LogP contribution is 2.31. The van der Waals surface area contributed by atoms with Crippen molar-refractivity contribution in [3.05, 3.63) is 22.4 Å². The molecular formula is C14H19N5O3. The van der Waals surface area contributed by atoms with Crippen molar-refractivity contribution in [2.45, 2.75) is 25.2 Å². The number of aryl methyl sites for hydroxylation is 1. The molecule has 8 heteroatoms. The van der Waals surface area contributed by atoms with Gasteiger partial charge in [-0.15, -0.1) is 0 Å². The average Bonchev–Trinajstić information content (AvgIpc) is 3.11. The lowest BCUT2D eigenvalue weighted by atomic mass is 10.0. The van der Waals surface area contributed by atoms with Gasteiger partial charge in [-0.1, -0.05) is 0 Å². The van der Waals surface area contributed by atoms with E-state index in [0.29, 0.717) is 36.6 Å². The molecular weight excluding hydrogens is 286 g/mol. The molecule has 2 aromatic heterocycles. The maximum atomic E-state index is 12.1. The Labute approximate surface area is 127 Å². The highest BCUT2D eigenvalue weighted by Gasteiger charge is 2.39. The average molecular weight is 305 g/mol. The van der Waals surface area contributed by atoms with Crippen molar-refractivity contribution in [3.8, 4) is 0 Å². The number of H-pyrrole nitrogens is 1. The number of nitrogens with one attached hydrogen (secondary N) is 1. The predicted molar refractivity (Wildman–Crippen MR) is 78.3 cm³/mol. The maximum absolute atomic E-state index is 12.1. The van der Waals surface area contributed by atoms with Gasteiger partial charge in [0.25, 0.3) is 5.56 Å². The Bertz CT molecular complexity index is 737. The quantitative estimate of drug-likeness (QED) is 0.840. The molecule has 22 heavy (non-hydrogen) atoms. The first-order chi connectivity index (χ1) is 10.7. The van der Waals surface area contributed by atoms with E-state index in [4.69, 9.17) is 9.47 Å². The largest absolute Gasteiger partial charge is 0.347 e. The second-order valence-corrected chi connectivity index (χ2v) is 5.90. The monoisotopic (exact) mass is 305 g/mol. The molecule has 2 aliphatic heterocycles. The molecule has 2 aliphatic rings. The van der Waals surface area contributed by atoms with Gasteiger partial charge in [-0.25, -0.2) is 4.98 Å². The van der Waals surface area contributed by atoms with Crippen molar-refractivity contribution in [1.82, 2.24) is 24.6 Å². The first-order valence-electron chi connectivity index (χ1n) is 7.56. The van der Waals surface area contributed by atoms with Crippen molar-refractivity contribution in [1.29, 1.82) is 0 Å². The summed E-state index contributed by atoms with van der Waals surface area (Å²) in [4.78, 5) is 21.7. The van der Waals surface area contributed by atoms with Gasteiger partial charge in [0.2, 0.25) is 0 Å². The molecule has 0 bridgehead atoms. The van der Waals surface area contributed by atoms with E-state index in [0.717, 1.165) is 25.9 Å². The molecule has 0 radical (unpaired) electrons. The van der Waals surface area contributed by atoms with Gasteiger partial charge in [0.05, 0.1) is 26.0 Å². The summed E-state index contributed by atoms with van der Waals surface area (Å²) in [5.74, 6) is 0.300.